The van der Waals surface area contributed by atoms with Gasteiger partial charge in [-0.05, 0) is 55.7 Å². The van der Waals surface area contributed by atoms with Crippen molar-refractivity contribution in [3.8, 4) is 5.75 Å². The third-order valence-electron chi connectivity index (χ3n) is 4.31. The number of carbonyl (C=O) groups excluding carboxylic acids is 1. The van der Waals surface area contributed by atoms with Crippen LogP contribution in [-0.4, -0.2) is 26.1 Å². The van der Waals surface area contributed by atoms with Gasteiger partial charge in [-0.2, -0.15) is 0 Å². The molecule has 1 aliphatic rings. The van der Waals surface area contributed by atoms with E-state index in [9.17, 15) is 9.18 Å². The summed E-state index contributed by atoms with van der Waals surface area (Å²) in [4.78, 5) is 14.7. The third-order valence-corrected chi connectivity index (χ3v) is 4.61. The standard InChI is InChI=1S/C19H20ClFN2O2/c1-25-18-8-5-13(21)11-15(18)19(24)22-14-6-7-17(16(20)12-14)23-9-3-2-4-10-23/h5-8,11-12H,2-4,9-10H2,1H3,(H,22,24). The van der Waals surface area contributed by atoms with Gasteiger partial charge in [0.15, 0.2) is 0 Å². The van der Waals surface area contributed by atoms with Crippen molar-refractivity contribution in [2.45, 2.75) is 19.3 Å². The first-order chi connectivity index (χ1) is 12.1. The quantitative estimate of drug-likeness (QED) is 0.854. The Balaban J connectivity index is 1.78. The normalized spacial score (nSPS) is 14.3. The van der Waals surface area contributed by atoms with Crippen LogP contribution >= 0.6 is 11.6 Å². The van der Waals surface area contributed by atoms with Gasteiger partial charge >= 0.3 is 0 Å². The molecule has 25 heavy (non-hydrogen) atoms. The molecule has 0 spiro atoms. The number of piperidine rings is 1. The average molecular weight is 363 g/mol. The first-order valence-electron chi connectivity index (χ1n) is 8.28. The minimum Gasteiger partial charge on any atom is -0.496 e. The topological polar surface area (TPSA) is 41.6 Å². The van der Waals surface area contributed by atoms with E-state index in [0.717, 1.165) is 37.7 Å². The Morgan fingerprint density at radius 1 is 1.16 bits per heavy atom. The second-order valence-corrected chi connectivity index (χ2v) is 6.42. The van der Waals surface area contributed by atoms with E-state index >= 15 is 0 Å². The van der Waals surface area contributed by atoms with Crippen LogP contribution < -0.4 is 15.0 Å². The van der Waals surface area contributed by atoms with Gasteiger partial charge in [0.1, 0.15) is 11.6 Å². The molecule has 1 amide bonds. The van der Waals surface area contributed by atoms with Gasteiger partial charge in [0.25, 0.3) is 5.91 Å². The molecule has 132 valence electrons. The molecule has 1 fully saturated rings. The first-order valence-corrected chi connectivity index (χ1v) is 8.65. The monoisotopic (exact) mass is 362 g/mol. The molecule has 1 saturated heterocycles. The molecular weight excluding hydrogens is 343 g/mol. The average Bonchev–Trinajstić information content (AvgIpc) is 2.62. The summed E-state index contributed by atoms with van der Waals surface area (Å²) in [6.45, 7) is 1.98. The van der Waals surface area contributed by atoms with Crippen LogP contribution in [0.15, 0.2) is 36.4 Å². The van der Waals surface area contributed by atoms with Crippen LogP contribution in [0.1, 0.15) is 29.6 Å². The number of amides is 1. The van der Waals surface area contributed by atoms with Gasteiger partial charge < -0.3 is 15.0 Å². The minimum absolute atomic E-state index is 0.138. The molecule has 1 heterocycles. The van der Waals surface area contributed by atoms with Gasteiger partial charge in [-0.25, -0.2) is 4.39 Å². The number of benzene rings is 2. The van der Waals surface area contributed by atoms with E-state index in [1.807, 2.05) is 6.07 Å². The van der Waals surface area contributed by atoms with E-state index in [2.05, 4.69) is 10.2 Å². The molecule has 4 nitrogen and oxygen atoms in total. The molecule has 0 aliphatic carbocycles. The molecule has 0 saturated carbocycles. The summed E-state index contributed by atoms with van der Waals surface area (Å²) in [5, 5.41) is 3.33. The number of hydrogen-bond acceptors (Lipinski definition) is 3. The summed E-state index contributed by atoms with van der Waals surface area (Å²) in [6.07, 6.45) is 3.57. The highest BCUT2D eigenvalue weighted by Gasteiger charge is 2.16. The van der Waals surface area contributed by atoms with Gasteiger partial charge in [0.05, 0.1) is 23.4 Å². The second-order valence-electron chi connectivity index (χ2n) is 6.01. The molecule has 1 N–H and O–H groups in total. The van der Waals surface area contributed by atoms with Gasteiger partial charge in [0, 0.05) is 18.8 Å². The Hall–Kier alpha value is -2.27. The molecule has 1 aliphatic heterocycles. The maximum absolute atomic E-state index is 13.4. The summed E-state index contributed by atoms with van der Waals surface area (Å²) in [7, 11) is 1.44. The van der Waals surface area contributed by atoms with E-state index in [1.165, 1.54) is 25.7 Å². The van der Waals surface area contributed by atoms with Crippen molar-refractivity contribution >= 4 is 28.9 Å². The van der Waals surface area contributed by atoms with Crippen LogP contribution in [0.5, 0.6) is 5.75 Å². The summed E-state index contributed by atoms with van der Waals surface area (Å²) in [5.74, 6) is -0.627. The van der Waals surface area contributed by atoms with E-state index in [4.69, 9.17) is 16.3 Å². The number of ether oxygens (including phenoxy) is 1. The number of hydrogen-bond donors (Lipinski definition) is 1. The number of anilines is 2. The minimum atomic E-state index is -0.496. The lowest BCUT2D eigenvalue weighted by molar-refractivity contribution is 0.102. The van der Waals surface area contributed by atoms with Crippen LogP contribution in [0.2, 0.25) is 5.02 Å². The van der Waals surface area contributed by atoms with Crippen molar-refractivity contribution in [3.63, 3.8) is 0 Å². The van der Waals surface area contributed by atoms with Gasteiger partial charge in [0.2, 0.25) is 0 Å². The SMILES string of the molecule is COc1ccc(F)cc1C(=O)Nc1ccc(N2CCCCC2)c(Cl)c1. The maximum Gasteiger partial charge on any atom is 0.259 e. The number of carbonyl (C=O) groups is 1. The molecule has 3 rings (SSSR count). The largest absolute Gasteiger partial charge is 0.496 e. The number of methoxy groups -OCH3 is 1. The van der Waals surface area contributed by atoms with Crippen molar-refractivity contribution in [2.24, 2.45) is 0 Å². The zero-order valence-electron chi connectivity index (χ0n) is 14.0. The van der Waals surface area contributed by atoms with Crippen LogP contribution in [0.4, 0.5) is 15.8 Å². The molecular formula is C19H20ClFN2O2. The Labute approximate surface area is 151 Å². The molecule has 2 aromatic rings. The Morgan fingerprint density at radius 3 is 2.60 bits per heavy atom. The van der Waals surface area contributed by atoms with Crippen LogP contribution in [0, 0.1) is 5.82 Å². The van der Waals surface area contributed by atoms with Gasteiger partial charge in [-0.3, -0.25) is 4.79 Å². The number of nitrogens with zero attached hydrogens (tertiary/aromatic N) is 1. The van der Waals surface area contributed by atoms with Gasteiger partial charge in [-0.15, -0.1) is 0 Å². The number of halogens is 2. The van der Waals surface area contributed by atoms with Crippen molar-refractivity contribution in [2.75, 3.05) is 30.4 Å². The van der Waals surface area contributed by atoms with Gasteiger partial charge in [-0.1, -0.05) is 11.6 Å². The van der Waals surface area contributed by atoms with E-state index in [1.54, 1.807) is 12.1 Å². The van der Waals surface area contributed by atoms with E-state index in [-0.39, 0.29) is 5.56 Å². The molecule has 2 aromatic carbocycles. The summed E-state index contributed by atoms with van der Waals surface area (Å²) in [5.41, 5.74) is 1.67. The van der Waals surface area contributed by atoms with Crippen molar-refractivity contribution in [3.05, 3.63) is 52.8 Å². The fourth-order valence-electron chi connectivity index (χ4n) is 3.03. The second kappa shape index (κ2) is 7.74. The molecule has 0 bridgehead atoms. The zero-order valence-corrected chi connectivity index (χ0v) is 14.8. The predicted octanol–water partition coefficient (Wildman–Crippen LogP) is 4.73. The highest BCUT2D eigenvalue weighted by atomic mass is 35.5. The Bertz CT molecular complexity index is 776. The lowest BCUT2D eigenvalue weighted by atomic mass is 10.1. The number of rotatable bonds is 4. The van der Waals surface area contributed by atoms with E-state index in [0.29, 0.717) is 16.5 Å². The molecule has 6 heteroatoms. The van der Waals surface area contributed by atoms with Crippen molar-refractivity contribution in [1.82, 2.24) is 0 Å². The third kappa shape index (κ3) is 4.04. The fraction of sp³-hybridized carbons (Fsp3) is 0.316. The summed E-state index contributed by atoms with van der Waals surface area (Å²) >= 11 is 6.40. The molecule has 0 unspecified atom stereocenters. The molecule has 0 aromatic heterocycles. The van der Waals surface area contributed by atoms with Crippen LogP contribution in [0.25, 0.3) is 0 Å². The Kier molecular flexibility index (Phi) is 5.43. The molecule has 0 radical (unpaired) electrons. The first kappa shape index (κ1) is 17.5. The Morgan fingerprint density at radius 2 is 1.92 bits per heavy atom. The zero-order chi connectivity index (χ0) is 17.8. The maximum atomic E-state index is 13.4. The smallest absolute Gasteiger partial charge is 0.259 e. The van der Waals surface area contributed by atoms with Crippen LogP contribution in [0.3, 0.4) is 0 Å². The highest BCUT2D eigenvalue weighted by molar-refractivity contribution is 6.33. The van der Waals surface area contributed by atoms with Crippen molar-refractivity contribution < 1.29 is 13.9 Å². The van der Waals surface area contributed by atoms with E-state index < -0.39 is 11.7 Å². The predicted molar refractivity (Wildman–Crippen MR) is 98.4 cm³/mol. The summed E-state index contributed by atoms with van der Waals surface area (Å²) in [6, 6.07) is 9.26. The fourth-order valence-corrected chi connectivity index (χ4v) is 3.33. The van der Waals surface area contributed by atoms with Crippen LogP contribution in [-0.2, 0) is 0 Å². The molecule has 0 atom stereocenters. The highest BCUT2D eigenvalue weighted by Crippen LogP contribution is 2.31. The lowest BCUT2D eigenvalue weighted by Crippen LogP contribution is -2.29. The lowest BCUT2D eigenvalue weighted by Gasteiger charge is -2.29. The number of nitrogens with one attached hydrogen (secondary N) is 1. The van der Waals surface area contributed by atoms with Crippen molar-refractivity contribution in [1.29, 1.82) is 0 Å². The summed E-state index contributed by atoms with van der Waals surface area (Å²) < 4.78 is 18.6.